The molecule has 2 heterocycles. The van der Waals surface area contributed by atoms with Crippen LogP contribution in [0.4, 0.5) is 0 Å². The molecule has 1 fully saturated rings. The van der Waals surface area contributed by atoms with E-state index in [1.54, 1.807) is 27.7 Å². The highest BCUT2D eigenvalue weighted by Crippen LogP contribution is 2.22. The topological polar surface area (TPSA) is 97.1 Å². The summed E-state index contributed by atoms with van der Waals surface area (Å²) in [6.07, 6.45) is 1.42. The maximum Gasteiger partial charge on any atom is 0.317 e. The summed E-state index contributed by atoms with van der Waals surface area (Å²) in [6, 6.07) is 9.48. The van der Waals surface area contributed by atoms with Crippen molar-refractivity contribution in [2.45, 2.75) is 6.10 Å². The first-order valence-corrected chi connectivity index (χ1v) is 8.98. The van der Waals surface area contributed by atoms with Crippen LogP contribution in [0.2, 0.25) is 0 Å². The maximum absolute atomic E-state index is 13.0. The monoisotopic (exact) mass is 388 g/mol. The summed E-state index contributed by atoms with van der Waals surface area (Å²) in [4.78, 5) is 27.2. The minimum atomic E-state index is -0.901. The number of hydrogen-bond donors (Lipinski definition) is 1. The Morgan fingerprint density at radius 3 is 2.79 bits per heavy atom. The second-order valence-corrected chi connectivity index (χ2v) is 6.66. The van der Waals surface area contributed by atoms with Crippen molar-refractivity contribution in [3.8, 4) is 11.4 Å². The summed E-state index contributed by atoms with van der Waals surface area (Å²) in [5, 5.41) is 13.3. The maximum atomic E-state index is 13.0. The third-order valence-corrected chi connectivity index (χ3v) is 4.47. The SMILES string of the molecule is COc1cn(-c2ccccc2)nc1C(=O)N1CCOC(CN(C)CC(=O)O)C1. The van der Waals surface area contributed by atoms with Gasteiger partial charge in [-0.05, 0) is 19.2 Å². The van der Waals surface area contributed by atoms with Gasteiger partial charge in [0.25, 0.3) is 5.91 Å². The van der Waals surface area contributed by atoms with Gasteiger partial charge in [-0.15, -0.1) is 0 Å². The zero-order valence-electron chi connectivity index (χ0n) is 15.9. The summed E-state index contributed by atoms with van der Waals surface area (Å²) in [7, 11) is 3.22. The van der Waals surface area contributed by atoms with E-state index in [0.29, 0.717) is 32.0 Å². The number of carboxylic acids is 1. The molecule has 9 heteroatoms. The number of morpholine rings is 1. The molecule has 1 amide bonds. The highest BCUT2D eigenvalue weighted by atomic mass is 16.5. The molecule has 0 bridgehead atoms. The van der Waals surface area contributed by atoms with Gasteiger partial charge in [0.15, 0.2) is 11.4 Å². The molecule has 0 aliphatic carbocycles. The first kappa shape index (κ1) is 19.8. The number of benzene rings is 1. The van der Waals surface area contributed by atoms with Crippen LogP contribution >= 0.6 is 0 Å². The fourth-order valence-electron chi connectivity index (χ4n) is 3.18. The first-order chi connectivity index (χ1) is 13.5. The number of likely N-dealkylation sites (N-methyl/N-ethyl adjacent to an activating group) is 1. The molecule has 1 aliphatic heterocycles. The quantitative estimate of drug-likeness (QED) is 0.747. The fourth-order valence-corrected chi connectivity index (χ4v) is 3.18. The molecule has 1 N–H and O–H groups in total. The smallest absolute Gasteiger partial charge is 0.317 e. The number of ether oxygens (including phenoxy) is 2. The van der Waals surface area contributed by atoms with Gasteiger partial charge in [-0.3, -0.25) is 14.5 Å². The van der Waals surface area contributed by atoms with Gasteiger partial charge in [0.1, 0.15) is 0 Å². The van der Waals surface area contributed by atoms with E-state index in [4.69, 9.17) is 14.6 Å². The van der Waals surface area contributed by atoms with Crippen molar-refractivity contribution in [3.63, 3.8) is 0 Å². The number of aliphatic carboxylic acids is 1. The van der Waals surface area contributed by atoms with E-state index in [2.05, 4.69) is 5.10 Å². The molecule has 1 aromatic heterocycles. The summed E-state index contributed by atoms with van der Waals surface area (Å²) >= 11 is 0. The summed E-state index contributed by atoms with van der Waals surface area (Å²) < 4.78 is 12.7. The molecule has 1 atom stereocenters. The molecular formula is C19H24N4O5. The lowest BCUT2D eigenvalue weighted by Crippen LogP contribution is -2.49. The summed E-state index contributed by atoms with van der Waals surface area (Å²) in [5.41, 5.74) is 1.07. The highest BCUT2D eigenvalue weighted by Gasteiger charge is 2.29. The van der Waals surface area contributed by atoms with Crippen molar-refractivity contribution >= 4 is 11.9 Å². The molecule has 0 saturated carbocycles. The number of rotatable bonds is 7. The molecule has 1 aliphatic rings. The average Bonchev–Trinajstić information content (AvgIpc) is 3.12. The van der Waals surface area contributed by atoms with Crippen LogP contribution in [0.1, 0.15) is 10.5 Å². The Morgan fingerprint density at radius 1 is 1.36 bits per heavy atom. The van der Waals surface area contributed by atoms with Gasteiger partial charge in [0.05, 0.1) is 38.2 Å². The molecular weight excluding hydrogens is 364 g/mol. The highest BCUT2D eigenvalue weighted by molar-refractivity contribution is 5.95. The molecule has 3 rings (SSSR count). The third-order valence-electron chi connectivity index (χ3n) is 4.47. The van der Waals surface area contributed by atoms with Crippen LogP contribution in [0, 0.1) is 0 Å². The Balaban J connectivity index is 1.72. The molecule has 1 aromatic carbocycles. The number of amides is 1. The number of para-hydroxylation sites is 1. The molecule has 2 aromatic rings. The zero-order chi connectivity index (χ0) is 20.1. The van der Waals surface area contributed by atoms with Crippen LogP contribution in [0.3, 0.4) is 0 Å². The number of carbonyl (C=O) groups is 2. The van der Waals surface area contributed by atoms with Crippen molar-refractivity contribution in [1.82, 2.24) is 19.6 Å². The Kier molecular flexibility index (Phi) is 6.27. The second-order valence-electron chi connectivity index (χ2n) is 6.66. The van der Waals surface area contributed by atoms with Crippen LogP contribution in [0.15, 0.2) is 36.5 Å². The lowest BCUT2D eigenvalue weighted by Gasteiger charge is -2.34. The lowest BCUT2D eigenvalue weighted by atomic mass is 10.2. The lowest BCUT2D eigenvalue weighted by molar-refractivity contribution is -0.138. The number of hydrogen-bond acceptors (Lipinski definition) is 6. The van der Waals surface area contributed by atoms with E-state index in [1.165, 1.54) is 7.11 Å². The van der Waals surface area contributed by atoms with Gasteiger partial charge in [-0.25, -0.2) is 4.68 Å². The van der Waals surface area contributed by atoms with E-state index in [9.17, 15) is 9.59 Å². The van der Waals surface area contributed by atoms with Gasteiger partial charge in [0.2, 0.25) is 0 Å². The summed E-state index contributed by atoms with van der Waals surface area (Å²) in [5.74, 6) is -0.733. The van der Waals surface area contributed by atoms with Gasteiger partial charge >= 0.3 is 5.97 Å². The Labute approximate surface area is 163 Å². The van der Waals surface area contributed by atoms with E-state index in [1.807, 2.05) is 30.3 Å². The molecule has 0 radical (unpaired) electrons. The predicted octanol–water partition coefficient (Wildman–Crippen LogP) is 0.738. The fraction of sp³-hybridized carbons (Fsp3) is 0.421. The van der Waals surface area contributed by atoms with E-state index >= 15 is 0 Å². The average molecular weight is 388 g/mol. The van der Waals surface area contributed by atoms with Crippen LogP contribution in [0.5, 0.6) is 5.75 Å². The molecule has 1 unspecified atom stereocenters. The van der Waals surface area contributed by atoms with Crippen molar-refractivity contribution < 1.29 is 24.2 Å². The number of methoxy groups -OCH3 is 1. The minimum absolute atomic E-state index is 0.0802. The van der Waals surface area contributed by atoms with Crippen LogP contribution < -0.4 is 4.74 Å². The van der Waals surface area contributed by atoms with Crippen LogP contribution in [0.25, 0.3) is 5.69 Å². The third kappa shape index (κ3) is 4.68. The Bertz CT molecular complexity index is 823. The van der Waals surface area contributed by atoms with Gasteiger partial charge < -0.3 is 19.5 Å². The number of nitrogens with zero attached hydrogens (tertiary/aromatic N) is 4. The number of carbonyl (C=O) groups excluding carboxylic acids is 1. The molecule has 150 valence electrons. The largest absolute Gasteiger partial charge is 0.493 e. The van der Waals surface area contributed by atoms with Crippen LogP contribution in [-0.4, -0.2) is 89.6 Å². The van der Waals surface area contributed by atoms with E-state index in [-0.39, 0.29) is 24.2 Å². The van der Waals surface area contributed by atoms with E-state index < -0.39 is 5.97 Å². The first-order valence-electron chi connectivity index (χ1n) is 8.98. The minimum Gasteiger partial charge on any atom is -0.493 e. The molecule has 28 heavy (non-hydrogen) atoms. The van der Waals surface area contributed by atoms with E-state index in [0.717, 1.165) is 5.69 Å². The number of aromatic nitrogens is 2. The standard InChI is InChI=1S/C19H24N4O5/c1-21(13-17(24)25)10-15-11-22(8-9-28-15)19(26)18-16(27-2)12-23(20-18)14-6-4-3-5-7-14/h3-7,12,15H,8-11,13H2,1-2H3,(H,24,25). The van der Waals surface area contributed by atoms with Crippen molar-refractivity contribution in [2.24, 2.45) is 0 Å². The van der Waals surface area contributed by atoms with Crippen molar-refractivity contribution in [1.29, 1.82) is 0 Å². The molecule has 9 nitrogen and oxygen atoms in total. The second kappa shape index (κ2) is 8.85. The normalized spacial score (nSPS) is 17.0. The zero-order valence-corrected chi connectivity index (χ0v) is 15.9. The Morgan fingerprint density at radius 2 is 2.11 bits per heavy atom. The van der Waals surface area contributed by atoms with Gasteiger partial charge in [-0.1, -0.05) is 18.2 Å². The molecule has 1 saturated heterocycles. The Hall–Kier alpha value is -2.91. The predicted molar refractivity (Wildman–Crippen MR) is 101 cm³/mol. The van der Waals surface area contributed by atoms with Crippen LogP contribution in [-0.2, 0) is 9.53 Å². The number of carboxylic acid groups (broad SMARTS) is 1. The summed E-state index contributed by atoms with van der Waals surface area (Å²) in [6.45, 7) is 1.54. The molecule has 0 spiro atoms. The van der Waals surface area contributed by atoms with Crippen molar-refractivity contribution in [2.75, 3.05) is 46.9 Å². The van der Waals surface area contributed by atoms with Gasteiger partial charge in [-0.2, -0.15) is 5.10 Å². The van der Waals surface area contributed by atoms with Gasteiger partial charge in [0, 0.05) is 19.6 Å². The van der Waals surface area contributed by atoms with Crippen molar-refractivity contribution in [3.05, 3.63) is 42.2 Å².